The number of rotatable bonds is 4. The molecule has 76 valence electrons. The highest BCUT2D eigenvalue weighted by molar-refractivity contribution is 7.92. The molecule has 0 aliphatic heterocycles. The highest BCUT2D eigenvalue weighted by Gasteiger charge is 2.08. The van der Waals surface area contributed by atoms with Crippen molar-refractivity contribution in [2.45, 2.75) is 0 Å². The van der Waals surface area contributed by atoms with Gasteiger partial charge >= 0.3 is 0 Å². The van der Waals surface area contributed by atoms with Crippen LogP contribution in [0.1, 0.15) is 0 Å². The van der Waals surface area contributed by atoms with Crippen molar-refractivity contribution in [3.05, 3.63) is 29.9 Å². The minimum absolute atomic E-state index is 0.135. The monoisotopic (exact) mass is 233 g/mol. The summed E-state index contributed by atoms with van der Waals surface area (Å²) in [6.07, 6.45) is 1.28. The molecular formula is C7H8ClN3O2S. The Bertz CT molecular complexity index is 415. The molecule has 1 aromatic heterocycles. The van der Waals surface area contributed by atoms with Gasteiger partial charge in [0.1, 0.15) is 0 Å². The Morgan fingerprint density at radius 2 is 2.21 bits per heavy atom. The molecule has 0 radical (unpaired) electrons. The molecule has 14 heavy (non-hydrogen) atoms. The van der Waals surface area contributed by atoms with Crippen LogP contribution in [0, 0.1) is 0 Å². The Morgan fingerprint density at radius 3 is 2.71 bits per heavy atom. The summed E-state index contributed by atoms with van der Waals surface area (Å²) in [5, 5.41) is 7.23. The number of nitrogens with one attached hydrogen (secondary N) is 1. The molecule has 5 nitrogen and oxygen atoms in total. The first-order valence-corrected chi connectivity index (χ1v) is 5.67. The first-order chi connectivity index (χ1) is 6.53. The van der Waals surface area contributed by atoms with Crippen molar-refractivity contribution in [3.63, 3.8) is 0 Å². The Kier molecular flexibility index (Phi) is 3.43. The van der Waals surface area contributed by atoms with Crippen molar-refractivity contribution in [3.8, 4) is 0 Å². The van der Waals surface area contributed by atoms with Crippen molar-refractivity contribution in [1.29, 1.82) is 0 Å². The van der Waals surface area contributed by atoms with Gasteiger partial charge in [-0.05, 0) is 12.1 Å². The quantitative estimate of drug-likeness (QED) is 0.790. The number of aromatic nitrogens is 2. The molecule has 1 rings (SSSR count). The van der Waals surface area contributed by atoms with Gasteiger partial charge in [-0.1, -0.05) is 17.7 Å². The van der Waals surface area contributed by atoms with E-state index in [1.165, 1.54) is 18.2 Å². The summed E-state index contributed by atoms with van der Waals surface area (Å²) in [6, 6.07) is 2.87. The number of hydrogen-bond acceptors (Lipinski definition) is 4. The van der Waals surface area contributed by atoms with Crippen LogP contribution in [0.3, 0.4) is 0 Å². The summed E-state index contributed by atoms with van der Waals surface area (Å²) in [5.41, 5.74) is 0. The van der Waals surface area contributed by atoms with Crippen molar-refractivity contribution in [2.75, 3.05) is 10.5 Å². The van der Waals surface area contributed by atoms with E-state index in [4.69, 9.17) is 11.6 Å². The van der Waals surface area contributed by atoms with E-state index in [1.54, 1.807) is 0 Å². The van der Waals surface area contributed by atoms with Crippen molar-refractivity contribution in [2.24, 2.45) is 0 Å². The SMILES string of the molecule is C=CCS(=O)(=O)Nc1ccc(Cl)nn1. The zero-order valence-electron chi connectivity index (χ0n) is 7.14. The molecule has 0 atom stereocenters. The minimum Gasteiger partial charge on any atom is -0.266 e. The van der Waals surface area contributed by atoms with Crippen LogP contribution in [0.4, 0.5) is 5.82 Å². The topological polar surface area (TPSA) is 72.0 Å². The smallest absolute Gasteiger partial charge is 0.237 e. The molecule has 0 saturated heterocycles. The molecule has 7 heteroatoms. The summed E-state index contributed by atoms with van der Waals surface area (Å²) in [4.78, 5) is 0. The fraction of sp³-hybridized carbons (Fsp3) is 0.143. The first kappa shape index (κ1) is 10.9. The molecule has 0 fully saturated rings. The van der Waals surface area contributed by atoms with Crippen LogP contribution in [0.15, 0.2) is 24.8 Å². The van der Waals surface area contributed by atoms with E-state index in [0.29, 0.717) is 0 Å². The standard InChI is InChI=1S/C7H8ClN3O2S/c1-2-5-14(12,13)11-7-4-3-6(8)9-10-7/h2-4H,1,5H2,(H,10,11). The second kappa shape index (κ2) is 4.39. The van der Waals surface area contributed by atoms with Crippen LogP contribution in [-0.4, -0.2) is 24.4 Å². The summed E-state index contributed by atoms with van der Waals surface area (Å²) >= 11 is 5.48. The van der Waals surface area contributed by atoms with E-state index >= 15 is 0 Å². The number of sulfonamides is 1. The van der Waals surface area contributed by atoms with Crippen LogP contribution in [-0.2, 0) is 10.0 Å². The second-order valence-corrected chi connectivity index (χ2v) is 4.57. The van der Waals surface area contributed by atoms with Crippen LogP contribution < -0.4 is 4.72 Å². The van der Waals surface area contributed by atoms with Gasteiger partial charge in [0.05, 0.1) is 5.75 Å². The molecular weight excluding hydrogens is 226 g/mol. The van der Waals surface area contributed by atoms with Gasteiger partial charge < -0.3 is 0 Å². The summed E-state index contributed by atoms with van der Waals surface area (Å²) in [5.74, 6) is -0.0339. The fourth-order valence-corrected chi connectivity index (χ4v) is 1.65. The second-order valence-electron chi connectivity index (χ2n) is 2.41. The molecule has 1 N–H and O–H groups in total. The van der Waals surface area contributed by atoms with Crippen molar-refractivity contribution >= 4 is 27.4 Å². The Balaban J connectivity index is 2.79. The highest BCUT2D eigenvalue weighted by atomic mass is 35.5. The molecule has 0 amide bonds. The van der Waals surface area contributed by atoms with E-state index in [0.717, 1.165) is 0 Å². The van der Waals surface area contributed by atoms with E-state index in [2.05, 4.69) is 21.5 Å². The molecule has 0 aliphatic carbocycles. The third-order valence-electron chi connectivity index (χ3n) is 1.23. The maximum Gasteiger partial charge on any atom is 0.237 e. The van der Waals surface area contributed by atoms with Crippen molar-refractivity contribution in [1.82, 2.24) is 10.2 Å². The minimum atomic E-state index is -3.41. The summed E-state index contributed by atoms with van der Waals surface area (Å²) < 4.78 is 24.6. The normalized spacial score (nSPS) is 10.9. The van der Waals surface area contributed by atoms with Crippen LogP contribution >= 0.6 is 11.6 Å². The van der Waals surface area contributed by atoms with E-state index in [9.17, 15) is 8.42 Å². The molecule has 0 spiro atoms. The van der Waals surface area contributed by atoms with Crippen LogP contribution in [0.2, 0.25) is 5.15 Å². The molecule has 0 aromatic carbocycles. The average Bonchev–Trinajstić information content (AvgIpc) is 2.08. The Hall–Kier alpha value is -1.14. The maximum absolute atomic E-state index is 11.2. The third kappa shape index (κ3) is 3.31. The van der Waals surface area contributed by atoms with Gasteiger partial charge in [-0.25, -0.2) is 8.42 Å². The number of anilines is 1. The highest BCUT2D eigenvalue weighted by Crippen LogP contribution is 2.07. The zero-order chi connectivity index (χ0) is 10.6. The van der Waals surface area contributed by atoms with Crippen LogP contribution in [0.25, 0.3) is 0 Å². The average molecular weight is 234 g/mol. The number of nitrogens with zero attached hydrogens (tertiary/aromatic N) is 2. The maximum atomic E-state index is 11.2. The lowest BCUT2D eigenvalue weighted by Gasteiger charge is -2.03. The summed E-state index contributed by atoms with van der Waals surface area (Å²) in [6.45, 7) is 3.33. The van der Waals surface area contributed by atoms with Crippen LogP contribution in [0.5, 0.6) is 0 Å². The summed E-state index contributed by atoms with van der Waals surface area (Å²) in [7, 11) is -3.41. The lowest BCUT2D eigenvalue weighted by molar-refractivity contribution is 0.603. The van der Waals surface area contributed by atoms with Gasteiger partial charge in [0, 0.05) is 0 Å². The lowest BCUT2D eigenvalue weighted by atomic mass is 10.5. The molecule has 0 unspecified atom stereocenters. The number of hydrogen-bond donors (Lipinski definition) is 1. The lowest BCUT2D eigenvalue weighted by Crippen LogP contribution is -2.16. The van der Waals surface area contributed by atoms with Crippen molar-refractivity contribution < 1.29 is 8.42 Å². The predicted octanol–water partition coefficient (Wildman–Crippen LogP) is 1.06. The van der Waals surface area contributed by atoms with E-state index in [-0.39, 0.29) is 16.7 Å². The van der Waals surface area contributed by atoms with Gasteiger partial charge in [-0.15, -0.1) is 16.8 Å². The molecule has 0 bridgehead atoms. The third-order valence-corrected chi connectivity index (χ3v) is 2.63. The fourth-order valence-electron chi connectivity index (χ4n) is 0.727. The van der Waals surface area contributed by atoms with E-state index < -0.39 is 10.0 Å². The van der Waals surface area contributed by atoms with Gasteiger partial charge in [0.2, 0.25) is 10.0 Å². The molecule has 0 aliphatic rings. The zero-order valence-corrected chi connectivity index (χ0v) is 8.72. The van der Waals surface area contributed by atoms with Gasteiger partial charge in [-0.2, -0.15) is 0 Å². The molecule has 1 aromatic rings. The predicted molar refractivity (Wildman–Crippen MR) is 54.6 cm³/mol. The number of halogens is 1. The van der Waals surface area contributed by atoms with E-state index in [1.807, 2.05) is 0 Å². The molecule has 1 heterocycles. The van der Waals surface area contributed by atoms with Gasteiger partial charge in [0.15, 0.2) is 11.0 Å². The Morgan fingerprint density at radius 1 is 1.50 bits per heavy atom. The molecule has 0 saturated carbocycles. The van der Waals surface area contributed by atoms with Gasteiger partial charge in [0.25, 0.3) is 0 Å². The largest absolute Gasteiger partial charge is 0.266 e. The first-order valence-electron chi connectivity index (χ1n) is 3.64. The Labute approximate surface area is 86.9 Å². The van der Waals surface area contributed by atoms with Gasteiger partial charge in [-0.3, -0.25) is 4.72 Å².